The molecule has 0 spiro atoms. The van der Waals surface area contributed by atoms with Gasteiger partial charge in [-0.15, -0.1) is 0 Å². The Morgan fingerprint density at radius 1 is 1.19 bits per heavy atom. The maximum atomic E-state index is 14.5. The zero-order chi connectivity index (χ0) is 22.3. The predicted molar refractivity (Wildman–Crippen MR) is 122 cm³/mol. The Bertz CT molecular complexity index is 1110. The average Bonchev–Trinajstić information content (AvgIpc) is 2.71. The highest BCUT2D eigenvalue weighted by Gasteiger charge is 2.48. The second-order valence-corrected chi connectivity index (χ2v) is 9.22. The molecule has 2 heterocycles. The third kappa shape index (κ3) is 4.28. The van der Waals surface area contributed by atoms with E-state index in [0.29, 0.717) is 34.3 Å². The molecule has 0 saturated carbocycles. The highest BCUT2D eigenvalue weighted by molar-refractivity contribution is 9.10. The molecule has 0 aliphatic carbocycles. The largest absolute Gasteiger partial charge is 0.386 e. The van der Waals surface area contributed by atoms with Crippen LogP contribution in [0.4, 0.5) is 15.8 Å². The van der Waals surface area contributed by atoms with Crippen molar-refractivity contribution in [3.05, 3.63) is 58.4 Å². The highest BCUT2D eigenvalue weighted by Crippen LogP contribution is 2.38. The van der Waals surface area contributed by atoms with Crippen molar-refractivity contribution < 1.29 is 14.6 Å². The standard InChI is InChI=1S/C22H25BrFN5O2/c1-13(28(2)3)22(31)11-29(12-22)21(30)16-8-14-6-7-25-27-19(14)10-20(16)26-18-5-4-15(23)9-17(18)24/h4-10,13,21,26,30-31H,11-12H2,1-3H3/t13-,21?/m0/s1. The molecule has 0 bridgehead atoms. The molecule has 1 saturated heterocycles. The predicted octanol–water partition coefficient (Wildman–Crippen LogP) is 3.26. The fourth-order valence-electron chi connectivity index (χ4n) is 3.88. The third-order valence-corrected chi connectivity index (χ3v) is 6.51. The number of benzene rings is 2. The second kappa shape index (κ2) is 8.40. The van der Waals surface area contributed by atoms with Gasteiger partial charge in [0.15, 0.2) is 0 Å². The Morgan fingerprint density at radius 3 is 2.61 bits per heavy atom. The summed E-state index contributed by atoms with van der Waals surface area (Å²) in [4.78, 5) is 3.75. The topological polar surface area (TPSA) is 84.8 Å². The molecule has 7 nitrogen and oxygen atoms in total. The van der Waals surface area contributed by atoms with Gasteiger partial charge in [-0.1, -0.05) is 15.9 Å². The molecule has 9 heteroatoms. The van der Waals surface area contributed by atoms with Crippen molar-refractivity contribution in [2.24, 2.45) is 0 Å². The monoisotopic (exact) mass is 489 g/mol. The maximum Gasteiger partial charge on any atom is 0.147 e. The van der Waals surface area contributed by atoms with E-state index in [1.807, 2.05) is 38.1 Å². The van der Waals surface area contributed by atoms with Crippen molar-refractivity contribution >= 4 is 38.2 Å². The van der Waals surface area contributed by atoms with Gasteiger partial charge in [0.05, 0.1) is 17.4 Å². The minimum atomic E-state index is -0.979. The molecule has 0 amide bonds. The van der Waals surface area contributed by atoms with Gasteiger partial charge in [-0.05, 0) is 57.4 Å². The van der Waals surface area contributed by atoms with E-state index in [1.165, 1.54) is 6.07 Å². The van der Waals surface area contributed by atoms with Crippen LogP contribution in [-0.4, -0.2) is 69.0 Å². The number of rotatable bonds is 6. The number of anilines is 2. The number of β-amino-alcohol motifs (C(OH)–C–C–N with tert-alkyl or cyclic N) is 1. The molecule has 2 atom stereocenters. The summed E-state index contributed by atoms with van der Waals surface area (Å²) in [6, 6.07) is 10.0. The number of likely N-dealkylation sites (tertiary alicyclic amines) is 1. The molecular formula is C22H25BrFN5O2. The van der Waals surface area contributed by atoms with Gasteiger partial charge >= 0.3 is 0 Å². The lowest BCUT2D eigenvalue weighted by atomic mass is 9.85. The molecule has 1 fully saturated rings. The van der Waals surface area contributed by atoms with Crippen molar-refractivity contribution in [2.45, 2.75) is 24.8 Å². The molecule has 0 radical (unpaired) electrons. The van der Waals surface area contributed by atoms with E-state index in [0.717, 1.165) is 5.39 Å². The van der Waals surface area contributed by atoms with Gasteiger partial charge in [-0.3, -0.25) is 4.90 Å². The first-order chi connectivity index (χ1) is 14.7. The number of aliphatic hydroxyl groups is 2. The summed E-state index contributed by atoms with van der Waals surface area (Å²) in [7, 11) is 3.84. The number of hydrogen-bond donors (Lipinski definition) is 3. The van der Waals surface area contributed by atoms with Crippen LogP contribution in [0.3, 0.4) is 0 Å². The fourth-order valence-corrected chi connectivity index (χ4v) is 4.21. The molecule has 2 aromatic carbocycles. The summed E-state index contributed by atoms with van der Waals surface area (Å²) in [6.45, 7) is 2.61. The molecule has 164 valence electrons. The van der Waals surface area contributed by atoms with E-state index in [4.69, 9.17) is 0 Å². The maximum absolute atomic E-state index is 14.5. The van der Waals surface area contributed by atoms with Crippen molar-refractivity contribution in [3.8, 4) is 0 Å². The zero-order valence-corrected chi connectivity index (χ0v) is 19.1. The summed E-state index contributed by atoms with van der Waals surface area (Å²) in [5, 5.41) is 34.0. The van der Waals surface area contributed by atoms with Gasteiger partial charge in [0, 0.05) is 40.2 Å². The van der Waals surface area contributed by atoms with E-state index in [1.54, 1.807) is 29.3 Å². The number of fused-ring (bicyclic) bond motifs is 1. The van der Waals surface area contributed by atoms with Crippen LogP contribution in [0.1, 0.15) is 18.7 Å². The quantitative estimate of drug-likeness (QED) is 0.489. The van der Waals surface area contributed by atoms with E-state index in [2.05, 4.69) is 31.4 Å². The molecule has 3 aromatic rings. The number of hydrogen-bond acceptors (Lipinski definition) is 7. The Morgan fingerprint density at radius 2 is 1.94 bits per heavy atom. The lowest BCUT2D eigenvalue weighted by Gasteiger charge is -2.53. The van der Waals surface area contributed by atoms with Crippen molar-refractivity contribution in [1.82, 2.24) is 20.0 Å². The minimum Gasteiger partial charge on any atom is -0.386 e. The van der Waals surface area contributed by atoms with E-state index in [9.17, 15) is 14.6 Å². The second-order valence-electron chi connectivity index (χ2n) is 8.30. The number of aromatic nitrogens is 2. The Balaban J connectivity index is 1.67. The van der Waals surface area contributed by atoms with E-state index in [-0.39, 0.29) is 11.7 Å². The van der Waals surface area contributed by atoms with Gasteiger partial charge in [0.1, 0.15) is 17.6 Å². The van der Waals surface area contributed by atoms with Crippen LogP contribution in [0.5, 0.6) is 0 Å². The summed E-state index contributed by atoms with van der Waals surface area (Å²) >= 11 is 3.26. The number of nitrogens with one attached hydrogen (secondary N) is 1. The summed E-state index contributed by atoms with van der Waals surface area (Å²) in [5.74, 6) is -0.424. The number of aliphatic hydroxyl groups excluding tert-OH is 1. The van der Waals surface area contributed by atoms with Gasteiger partial charge < -0.3 is 20.4 Å². The van der Waals surface area contributed by atoms with Crippen LogP contribution in [0, 0.1) is 5.82 Å². The molecule has 1 aliphatic heterocycles. The summed E-state index contributed by atoms with van der Waals surface area (Å²) in [6.07, 6.45) is 0.606. The van der Waals surface area contributed by atoms with Gasteiger partial charge in [0.2, 0.25) is 0 Å². The van der Waals surface area contributed by atoms with Crippen LogP contribution in [-0.2, 0) is 0 Å². The normalized spacial score (nSPS) is 18.1. The average molecular weight is 490 g/mol. The molecule has 3 N–H and O–H groups in total. The zero-order valence-electron chi connectivity index (χ0n) is 17.5. The van der Waals surface area contributed by atoms with Crippen LogP contribution in [0.15, 0.2) is 47.1 Å². The molecule has 1 aromatic heterocycles. The van der Waals surface area contributed by atoms with Gasteiger partial charge in [-0.25, -0.2) is 4.39 Å². The van der Waals surface area contributed by atoms with Crippen LogP contribution in [0.25, 0.3) is 10.9 Å². The van der Waals surface area contributed by atoms with E-state index >= 15 is 0 Å². The van der Waals surface area contributed by atoms with Gasteiger partial charge in [-0.2, -0.15) is 10.2 Å². The Hall–Kier alpha value is -2.17. The SMILES string of the molecule is C[C@H](N(C)C)C1(O)CN(C(O)c2cc3ccnnc3cc2Nc2ccc(Br)cc2F)C1. The third-order valence-electron chi connectivity index (χ3n) is 6.02. The molecule has 4 rings (SSSR count). The Kier molecular flexibility index (Phi) is 5.97. The smallest absolute Gasteiger partial charge is 0.147 e. The Labute approximate surface area is 188 Å². The lowest BCUT2D eigenvalue weighted by molar-refractivity contribution is -0.185. The highest BCUT2D eigenvalue weighted by atomic mass is 79.9. The first-order valence-corrected chi connectivity index (χ1v) is 10.8. The van der Waals surface area contributed by atoms with E-state index < -0.39 is 17.6 Å². The van der Waals surface area contributed by atoms with Crippen molar-refractivity contribution in [2.75, 3.05) is 32.5 Å². The molecule has 1 aliphatic rings. The van der Waals surface area contributed by atoms with Crippen LogP contribution in [0.2, 0.25) is 0 Å². The number of halogens is 2. The molecular weight excluding hydrogens is 465 g/mol. The first-order valence-electron chi connectivity index (χ1n) is 9.96. The minimum absolute atomic E-state index is 0.0581. The first kappa shape index (κ1) is 22.0. The van der Waals surface area contributed by atoms with Gasteiger partial charge in [0.25, 0.3) is 0 Å². The summed E-state index contributed by atoms with van der Waals surface area (Å²) in [5.41, 5.74) is 1.10. The number of likely N-dealkylation sites (N-methyl/N-ethyl adjacent to an activating group) is 1. The molecule has 31 heavy (non-hydrogen) atoms. The van der Waals surface area contributed by atoms with Crippen molar-refractivity contribution in [3.63, 3.8) is 0 Å². The fraction of sp³-hybridized carbons (Fsp3) is 0.364. The van der Waals surface area contributed by atoms with Crippen molar-refractivity contribution in [1.29, 1.82) is 0 Å². The summed E-state index contributed by atoms with van der Waals surface area (Å²) < 4.78 is 15.1. The van der Waals surface area contributed by atoms with Crippen LogP contribution >= 0.6 is 15.9 Å². The number of nitrogens with zero attached hydrogens (tertiary/aromatic N) is 4. The lowest BCUT2D eigenvalue weighted by Crippen LogP contribution is -2.69. The van der Waals surface area contributed by atoms with Crippen LogP contribution < -0.4 is 5.32 Å². The molecule has 1 unspecified atom stereocenters.